The van der Waals surface area contributed by atoms with Crippen molar-refractivity contribution in [1.82, 2.24) is 19.7 Å². The zero-order valence-corrected chi connectivity index (χ0v) is 16.4. The molecule has 8 heteroatoms. The van der Waals surface area contributed by atoms with E-state index in [1.807, 2.05) is 47.9 Å². The van der Waals surface area contributed by atoms with Crippen molar-refractivity contribution in [2.75, 3.05) is 17.7 Å². The van der Waals surface area contributed by atoms with Crippen LogP contribution in [0.5, 0.6) is 5.75 Å². The summed E-state index contributed by atoms with van der Waals surface area (Å²) in [4.78, 5) is 16.3. The third-order valence-electron chi connectivity index (χ3n) is 3.75. The average Bonchev–Trinajstić information content (AvgIpc) is 3.12. The highest BCUT2D eigenvalue weighted by atomic mass is 32.2. The van der Waals surface area contributed by atoms with Crippen LogP contribution in [0.4, 0.5) is 5.69 Å². The van der Waals surface area contributed by atoms with E-state index in [4.69, 9.17) is 4.74 Å². The molecule has 0 aliphatic carbocycles. The number of hydrogen-bond acceptors (Lipinski definition) is 6. The maximum atomic E-state index is 12.3. The van der Waals surface area contributed by atoms with Crippen molar-refractivity contribution in [3.05, 3.63) is 61.4 Å². The standard InChI is InChI=1S/C20H21N5O2S/c1-3-13-25-19(15-9-11-21-12-10-15)23-24-20(25)28-14-18(26)22-16-5-7-17(8-6-16)27-4-2/h3,5-12H,1,4,13-14H2,2H3,(H,22,26). The van der Waals surface area contributed by atoms with Crippen molar-refractivity contribution in [2.45, 2.75) is 18.6 Å². The SMILES string of the molecule is C=CCn1c(SCC(=O)Nc2ccc(OCC)cc2)nnc1-c1ccncc1. The summed E-state index contributed by atoms with van der Waals surface area (Å²) < 4.78 is 7.33. The number of amides is 1. The molecule has 144 valence electrons. The molecule has 0 aliphatic rings. The Morgan fingerprint density at radius 2 is 1.96 bits per heavy atom. The van der Waals surface area contributed by atoms with Gasteiger partial charge in [-0.05, 0) is 43.3 Å². The van der Waals surface area contributed by atoms with E-state index in [1.165, 1.54) is 11.8 Å². The van der Waals surface area contributed by atoms with Gasteiger partial charge < -0.3 is 10.1 Å². The number of anilines is 1. The number of carbonyl (C=O) groups excluding carboxylic acids is 1. The van der Waals surface area contributed by atoms with Gasteiger partial charge in [-0.2, -0.15) is 0 Å². The summed E-state index contributed by atoms with van der Waals surface area (Å²) >= 11 is 1.33. The fourth-order valence-corrected chi connectivity index (χ4v) is 3.28. The summed E-state index contributed by atoms with van der Waals surface area (Å²) in [6.45, 7) is 6.88. The normalized spacial score (nSPS) is 10.5. The molecule has 0 aliphatic heterocycles. The fraction of sp³-hybridized carbons (Fsp3) is 0.200. The number of nitrogens with zero attached hydrogens (tertiary/aromatic N) is 4. The number of pyridine rings is 1. The predicted octanol–water partition coefficient (Wildman–Crippen LogP) is 3.66. The zero-order chi connectivity index (χ0) is 19.8. The number of rotatable bonds is 9. The van der Waals surface area contributed by atoms with Crippen LogP contribution in [-0.4, -0.2) is 38.0 Å². The quantitative estimate of drug-likeness (QED) is 0.440. The van der Waals surface area contributed by atoms with Gasteiger partial charge in [-0.25, -0.2) is 0 Å². The van der Waals surface area contributed by atoms with Gasteiger partial charge in [0.05, 0.1) is 12.4 Å². The first kappa shape index (κ1) is 19.6. The Labute approximate surface area is 167 Å². The van der Waals surface area contributed by atoms with Crippen molar-refractivity contribution in [2.24, 2.45) is 0 Å². The fourth-order valence-electron chi connectivity index (χ4n) is 2.53. The van der Waals surface area contributed by atoms with Gasteiger partial charge in [-0.3, -0.25) is 14.3 Å². The molecule has 0 bridgehead atoms. The van der Waals surface area contributed by atoms with Crippen LogP contribution in [0.1, 0.15) is 6.92 Å². The van der Waals surface area contributed by atoms with Crippen LogP contribution < -0.4 is 10.1 Å². The van der Waals surface area contributed by atoms with Gasteiger partial charge in [0, 0.05) is 30.2 Å². The molecule has 1 N–H and O–H groups in total. The van der Waals surface area contributed by atoms with E-state index in [1.54, 1.807) is 18.5 Å². The third kappa shape index (κ3) is 4.98. The third-order valence-corrected chi connectivity index (χ3v) is 4.72. The second-order valence-electron chi connectivity index (χ2n) is 5.74. The van der Waals surface area contributed by atoms with Crippen LogP contribution >= 0.6 is 11.8 Å². The Kier molecular flexibility index (Phi) is 6.80. The van der Waals surface area contributed by atoms with E-state index >= 15 is 0 Å². The largest absolute Gasteiger partial charge is 0.494 e. The molecule has 2 heterocycles. The summed E-state index contributed by atoms with van der Waals surface area (Å²) in [6, 6.07) is 11.0. The highest BCUT2D eigenvalue weighted by molar-refractivity contribution is 7.99. The molecule has 0 radical (unpaired) electrons. The molecule has 3 aromatic rings. The Balaban J connectivity index is 1.64. The van der Waals surface area contributed by atoms with Crippen LogP contribution in [0.15, 0.2) is 66.6 Å². The second kappa shape index (κ2) is 9.70. The smallest absolute Gasteiger partial charge is 0.234 e. The van der Waals surface area contributed by atoms with Crippen LogP contribution in [0, 0.1) is 0 Å². The number of hydrogen-bond donors (Lipinski definition) is 1. The van der Waals surface area contributed by atoms with Crippen LogP contribution in [0.2, 0.25) is 0 Å². The van der Waals surface area contributed by atoms with E-state index in [0.29, 0.717) is 18.3 Å². The highest BCUT2D eigenvalue weighted by Crippen LogP contribution is 2.24. The Bertz CT molecular complexity index is 926. The van der Waals surface area contributed by atoms with E-state index in [9.17, 15) is 4.79 Å². The van der Waals surface area contributed by atoms with Gasteiger partial charge in [0.1, 0.15) is 5.75 Å². The molecular weight excluding hydrogens is 374 g/mol. The summed E-state index contributed by atoms with van der Waals surface area (Å²) in [5.74, 6) is 1.60. The van der Waals surface area contributed by atoms with Gasteiger partial charge in [-0.1, -0.05) is 17.8 Å². The lowest BCUT2D eigenvalue weighted by molar-refractivity contribution is -0.113. The Hall–Kier alpha value is -3.13. The number of thioether (sulfide) groups is 1. The van der Waals surface area contributed by atoms with Gasteiger partial charge in [0.15, 0.2) is 11.0 Å². The molecule has 3 rings (SSSR count). The number of carbonyl (C=O) groups is 1. The van der Waals surface area contributed by atoms with Gasteiger partial charge in [0.2, 0.25) is 5.91 Å². The monoisotopic (exact) mass is 395 g/mol. The molecule has 0 fully saturated rings. The molecule has 1 amide bonds. The summed E-state index contributed by atoms with van der Waals surface area (Å²) in [6.07, 6.45) is 5.19. The molecule has 1 aromatic carbocycles. The Morgan fingerprint density at radius 3 is 2.64 bits per heavy atom. The van der Waals surface area contributed by atoms with Gasteiger partial charge in [-0.15, -0.1) is 16.8 Å². The summed E-state index contributed by atoms with van der Waals surface area (Å²) in [5, 5.41) is 12.0. The lowest BCUT2D eigenvalue weighted by Crippen LogP contribution is -2.14. The number of allylic oxidation sites excluding steroid dienone is 1. The van der Waals surface area contributed by atoms with Crippen molar-refractivity contribution in [3.63, 3.8) is 0 Å². The highest BCUT2D eigenvalue weighted by Gasteiger charge is 2.15. The molecule has 7 nitrogen and oxygen atoms in total. The summed E-state index contributed by atoms with van der Waals surface area (Å²) in [7, 11) is 0. The minimum absolute atomic E-state index is 0.118. The molecule has 2 aromatic heterocycles. The first-order valence-corrected chi connectivity index (χ1v) is 9.79. The molecule has 0 saturated heterocycles. The molecule has 0 unspecified atom stereocenters. The lowest BCUT2D eigenvalue weighted by Gasteiger charge is -2.08. The van der Waals surface area contributed by atoms with E-state index in [-0.39, 0.29) is 11.7 Å². The number of aromatic nitrogens is 4. The van der Waals surface area contributed by atoms with Crippen LogP contribution in [-0.2, 0) is 11.3 Å². The first-order chi connectivity index (χ1) is 13.7. The molecular formula is C20H21N5O2S. The van der Waals surface area contributed by atoms with Crippen molar-refractivity contribution < 1.29 is 9.53 Å². The number of ether oxygens (including phenoxy) is 1. The number of nitrogens with one attached hydrogen (secondary N) is 1. The van der Waals surface area contributed by atoms with Gasteiger partial charge >= 0.3 is 0 Å². The summed E-state index contributed by atoms with van der Waals surface area (Å²) in [5.41, 5.74) is 1.63. The first-order valence-electron chi connectivity index (χ1n) is 8.81. The molecule has 0 atom stereocenters. The zero-order valence-electron chi connectivity index (χ0n) is 15.5. The number of benzene rings is 1. The Morgan fingerprint density at radius 1 is 1.21 bits per heavy atom. The average molecular weight is 395 g/mol. The molecule has 28 heavy (non-hydrogen) atoms. The van der Waals surface area contributed by atoms with Crippen molar-refractivity contribution >= 4 is 23.4 Å². The van der Waals surface area contributed by atoms with Crippen molar-refractivity contribution in [3.8, 4) is 17.1 Å². The topological polar surface area (TPSA) is 81.9 Å². The van der Waals surface area contributed by atoms with E-state index in [0.717, 1.165) is 22.8 Å². The van der Waals surface area contributed by atoms with E-state index in [2.05, 4.69) is 27.1 Å². The minimum Gasteiger partial charge on any atom is -0.494 e. The van der Waals surface area contributed by atoms with Crippen LogP contribution in [0.25, 0.3) is 11.4 Å². The maximum Gasteiger partial charge on any atom is 0.234 e. The predicted molar refractivity (Wildman–Crippen MR) is 110 cm³/mol. The molecule has 0 spiro atoms. The second-order valence-corrected chi connectivity index (χ2v) is 6.68. The van der Waals surface area contributed by atoms with Crippen molar-refractivity contribution in [1.29, 1.82) is 0 Å². The molecule has 0 saturated carbocycles. The van der Waals surface area contributed by atoms with E-state index < -0.39 is 0 Å². The van der Waals surface area contributed by atoms with Crippen LogP contribution in [0.3, 0.4) is 0 Å². The minimum atomic E-state index is -0.118. The maximum absolute atomic E-state index is 12.3. The van der Waals surface area contributed by atoms with Gasteiger partial charge in [0.25, 0.3) is 0 Å². The lowest BCUT2D eigenvalue weighted by atomic mass is 10.2.